The number of nitrogens with two attached hydrogens (primary N) is 1. The van der Waals surface area contributed by atoms with Gasteiger partial charge in [0.2, 0.25) is 23.3 Å². The molecule has 0 fully saturated rings. The topological polar surface area (TPSA) is 419 Å². The van der Waals surface area contributed by atoms with Crippen LogP contribution < -0.4 is 11.2 Å². The molecule has 4 aromatic heterocycles. The van der Waals surface area contributed by atoms with Gasteiger partial charge in [-0.05, 0) is 80.3 Å². The lowest BCUT2D eigenvalue weighted by Gasteiger charge is -2.06. The lowest BCUT2D eigenvalue weighted by molar-refractivity contribution is -0.384. The number of alkyl halides is 1. The molecule has 10 aromatic rings. The number of aliphatic hydroxyl groups is 4. The van der Waals surface area contributed by atoms with Gasteiger partial charge in [-0.3, -0.25) is 20.2 Å². The molecule has 9 N–H and O–H groups in total. The number of nitro groups is 2. The van der Waals surface area contributed by atoms with Crippen molar-refractivity contribution in [3.8, 4) is 45.6 Å². The molecule has 0 atom stereocenters. The van der Waals surface area contributed by atoms with Crippen molar-refractivity contribution in [3.05, 3.63) is 188 Å². The first-order valence-electron chi connectivity index (χ1n) is 23.9. The Balaban J connectivity index is 0.000000187. The van der Waals surface area contributed by atoms with E-state index >= 15 is 0 Å². The number of halogens is 2. The van der Waals surface area contributed by atoms with E-state index in [1.807, 2.05) is 66.7 Å². The van der Waals surface area contributed by atoms with Crippen LogP contribution in [0, 0.1) is 20.2 Å². The van der Waals surface area contributed by atoms with Crippen LogP contribution in [0.15, 0.2) is 152 Å². The van der Waals surface area contributed by atoms with E-state index in [9.17, 15) is 20.2 Å². The lowest BCUT2D eigenvalue weighted by atomic mass is 9.81. The zero-order valence-electron chi connectivity index (χ0n) is 42.6. The Hall–Kier alpha value is -9.21. The van der Waals surface area contributed by atoms with Gasteiger partial charge < -0.3 is 36.2 Å². The van der Waals surface area contributed by atoms with Crippen LogP contribution in [-0.4, -0.2) is 160 Å². The molecule has 0 radical (unpaired) electrons. The van der Waals surface area contributed by atoms with Gasteiger partial charge in [-0.25, -0.2) is 0 Å². The number of nitrogen functional groups attached to an aromatic ring is 1. The van der Waals surface area contributed by atoms with E-state index in [0.717, 1.165) is 28.1 Å². The van der Waals surface area contributed by atoms with Gasteiger partial charge in [-0.1, -0.05) is 131 Å². The minimum Gasteiger partial charge on any atom is -0.423 e. The largest absolute Gasteiger partial charge is 0.488 e. The van der Waals surface area contributed by atoms with Crippen LogP contribution in [0.2, 0.25) is 5.02 Å². The smallest absolute Gasteiger partial charge is 0.423 e. The number of hydrogen-bond donors (Lipinski definition) is 8. The van der Waals surface area contributed by atoms with Gasteiger partial charge in [0, 0.05) is 39.3 Å². The second-order valence-corrected chi connectivity index (χ2v) is 17.1. The number of benzene rings is 6. The van der Waals surface area contributed by atoms with Gasteiger partial charge in [0.05, 0.1) is 55.9 Å². The zero-order valence-corrected chi connectivity index (χ0v) is 45.0. The molecule has 0 aliphatic heterocycles. The summed E-state index contributed by atoms with van der Waals surface area (Å²) in [5.74, 6) is 1.43. The molecule has 420 valence electrons. The van der Waals surface area contributed by atoms with Crippen molar-refractivity contribution in [1.82, 2.24) is 81.2 Å². The number of aliphatic hydroxyl groups excluding tert-OH is 4. The monoisotopic (exact) mass is 1190 g/mol. The maximum Gasteiger partial charge on any atom is 0.488 e. The van der Waals surface area contributed by atoms with E-state index in [-0.39, 0.29) is 56.0 Å². The first-order valence-corrected chi connectivity index (χ1v) is 25.4. The second kappa shape index (κ2) is 33.9. The highest BCUT2D eigenvalue weighted by atomic mass is 79.9. The van der Waals surface area contributed by atoms with Crippen LogP contribution >= 0.6 is 27.5 Å². The summed E-state index contributed by atoms with van der Waals surface area (Å²) in [4.78, 5) is 24.4. The molecular formula is C49H52BBrClN19O10. The number of para-hydroxylation sites is 3. The summed E-state index contributed by atoms with van der Waals surface area (Å²) in [6.45, 7) is 0.967. The van der Waals surface area contributed by atoms with Crippen LogP contribution in [0.3, 0.4) is 0 Å². The molecule has 0 spiro atoms. The van der Waals surface area contributed by atoms with Crippen LogP contribution in [0.25, 0.3) is 45.6 Å². The number of tetrazole rings is 4. The Kier molecular flexibility index (Phi) is 26.2. The molecule has 29 nitrogen and oxygen atoms in total. The van der Waals surface area contributed by atoms with Crippen molar-refractivity contribution in [3.63, 3.8) is 0 Å². The Bertz CT molecular complexity index is 3430. The maximum absolute atomic E-state index is 10.8. The van der Waals surface area contributed by atoms with Gasteiger partial charge in [-0.15, -0.1) is 40.8 Å². The van der Waals surface area contributed by atoms with E-state index in [0.29, 0.717) is 52.3 Å². The summed E-state index contributed by atoms with van der Waals surface area (Å²) >= 11 is 8.92. The molecular weight excluding hydrogens is 1140 g/mol. The Labute approximate surface area is 473 Å². The van der Waals surface area contributed by atoms with Crippen molar-refractivity contribution in [1.29, 1.82) is 0 Å². The number of nitrogens with zero attached hydrogens (tertiary/aromatic N) is 17. The zero-order chi connectivity index (χ0) is 58.4. The van der Waals surface area contributed by atoms with Gasteiger partial charge >= 0.3 is 7.12 Å². The number of nitro benzene ring substituents is 2. The van der Waals surface area contributed by atoms with Crippen LogP contribution in [0.4, 0.5) is 17.1 Å². The summed E-state index contributed by atoms with van der Waals surface area (Å²) in [5, 5.41) is 122. The fourth-order valence-electron chi connectivity index (χ4n) is 6.57. The summed E-state index contributed by atoms with van der Waals surface area (Å²) in [7, 11) is -1.34. The van der Waals surface area contributed by atoms with Crippen molar-refractivity contribution in [2.75, 3.05) is 37.5 Å². The average Bonchev–Trinajstić information content (AvgIpc) is 4.36. The number of aromatic amines is 1. The highest BCUT2D eigenvalue weighted by Gasteiger charge is 2.19. The van der Waals surface area contributed by atoms with E-state index in [2.05, 4.69) is 88.9 Å². The molecule has 81 heavy (non-hydrogen) atoms. The number of nitrogens with one attached hydrogen (secondary N) is 1. The highest BCUT2D eigenvalue weighted by molar-refractivity contribution is 9.09. The third-order valence-corrected chi connectivity index (χ3v) is 10.8. The normalized spacial score (nSPS) is 10.2. The molecule has 0 saturated carbocycles. The number of rotatable bonds is 16. The van der Waals surface area contributed by atoms with Crippen molar-refractivity contribution in [2.24, 2.45) is 0 Å². The minimum atomic E-state index is -1.34. The third-order valence-electron chi connectivity index (χ3n) is 10.2. The highest BCUT2D eigenvalue weighted by Crippen LogP contribution is 2.27. The van der Waals surface area contributed by atoms with Gasteiger partial charge in [0.25, 0.3) is 11.4 Å². The molecule has 0 aliphatic rings. The fraction of sp³-hybridized carbons (Fsp3) is 0.184. The van der Waals surface area contributed by atoms with E-state index in [4.69, 9.17) is 47.8 Å². The number of aromatic nitrogens is 16. The molecule has 0 aliphatic carbocycles. The van der Waals surface area contributed by atoms with Gasteiger partial charge in [0.1, 0.15) is 11.1 Å². The predicted octanol–water partition coefficient (Wildman–Crippen LogP) is 3.25. The van der Waals surface area contributed by atoms with Gasteiger partial charge in [0.15, 0.2) is 0 Å². The SMILES string of the molecule is Nc1ccccc1-c1nnn(CCO)n1.O=[N+]([O-])c1ccccc1-c1nn[nH]n1.O=[N+]([O-])c1ccccc1-c1nnn(CCO)n1.OB(O)c1ccccc1.OCCBr.OCCn1nnc(-c2ccccc2Cc2ccc(Cl)cc2)n1. The summed E-state index contributed by atoms with van der Waals surface area (Å²) in [6.07, 6.45) is 0.766. The lowest BCUT2D eigenvalue weighted by Crippen LogP contribution is -2.29. The molecule has 0 amide bonds. The molecule has 0 unspecified atom stereocenters. The Morgan fingerprint density at radius 1 is 0.543 bits per heavy atom. The molecule has 4 heterocycles. The molecule has 0 saturated heterocycles. The summed E-state index contributed by atoms with van der Waals surface area (Å²) in [6, 6.07) is 44.1. The van der Waals surface area contributed by atoms with E-state index in [1.54, 1.807) is 66.7 Å². The predicted molar refractivity (Wildman–Crippen MR) is 300 cm³/mol. The number of anilines is 1. The van der Waals surface area contributed by atoms with E-state index in [1.165, 1.54) is 32.1 Å². The van der Waals surface area contributed by atoms with Crippen molar-refractivity contribution >= 4 is 57.2 Å². The Morgan fingerprint density at radius 2 is 0.963 bits per heavy atom. The molecule has 0 bridgehead atoms. The molecule has 32 heteroatoms. The fourth-order valence-corrected chi connectivity index (χ4v) is 6.69. The second-order valence-electron chi connectivity index (χ2n) is 15.8. The Morgan fingerprint density at radius 3 is 1.40 bits per heavy atom. The average molecular weight is 1190 g/mol. The van der Waals surface area contributed by atoms with Crippen LogP contribution in [0.1, 0.15) is 11.1 Å². The molecule has 6 aromatic carbocycles. The number of H-pyrrole nitrogens is 1. The minimum absolute atomic E-state index is 0.0117. The van der Waals surface area contributed by atoms with Crippen LogP contribution in [-0.2, 0) is 26.1 Å². The summed E-state index contributed by atoms with van der Waals surface area (Å²) in [5.41, 5.74) is 11.4. The quantitative estimate of drug-likeness (QED) is 0.0226. The van der Waals surface area contributed by atoms with Gasteiger partial charge in [-0.2, -0.15) is 19.6 Å². The number of hydrogen-bond acceptors (Lipinski definition) is 23. The maximum atomic E-state index is 10.8. The summed E-state index contributed by atoms with van der Waals surface area (Å²) < 4.78 is 0. The van der Waals surface area contributed by atoms with Crippen LogP contribution in [0.5, 0.6) is 0 Å². The van der Waals surface area contributed by atoms with Crippen molar-refractivity contribution < 1.29 is 40.3 Å². The third kappa shape index (κ3) is 20.2. The molecule has 10 rings (SSSR count). The first kappa shape index (κ1) is 62.6. The standard InChI is InChI=1S/C16H15ClN4O.C9H9N5O3.C9H11N5O.C7H5N5O2.C6H7BO2.C2H5BrO/c17-14-7-5-12(6-8-14)11-13-3-1-2-4-15(13)16-18-20-21(19-16)9-10-22;15-6-5-13-11-9(10-12-13)7-3-1-2-4-8(7)14(16)17;10-8-4-2-1-3-7(8)9-11-13-14(12-9)5-6-15;13-12(14)6-4-2-1-3-5(6)7-8-10-11-9-7;8-7(9)6-4-2-1-3-5-6;3-1-2-4/h1-8,22H,9-11H2;1-4,15H,5-6H2;1-4,15H,5-6,10H2;1-4H,(H,8,9,10,11);1-5,8-9H;4H,1-2H2. The van der Waals surface area contributed by atoms with Crippen molar-refractivity contribution in [2.45, 2.75) is 26.1 Å². The first-order chi connectivity index (χ1) is 39.3. The van der Waals surface area contributed by atoms with E-state index < -0.39 is 17.0 Å².